The quantitative estimate of drug-likeness (QED) is 0.407. The van der Waals surface area contributed by atoms with Gasteiger partial charge in [0, 0.05) is 24.0 Å². The molecular weight excluding hydrogens is 452 g/mol. The average molecular weight is 478 g/mol. The molecule has 2 aromatic carbocycles. The van der Waals surface area contributed by atoms with Crippen LogP contribution >= 0.6 is 0 Å². The molecule has 1 atom stereocenters. The molecule has 0 spiro atoms. The number of carbonyl (C=O) groups is 2. The number of Topliss-reactive ketones (excluding diaryl/α,β-unsaturated/α-hetero) is 1. The highest BCUT2D eigenvalue weighted by Gasteiger charge is 2.40. The van der Waals surface area contributed by atoms with Crippen LogP contribution in [-0.2, 0) is 21.9 Å². The second kappa shape index (κ2) is 9.74. The van der Waals surface area contributed by atoms with Crippen molar-refractivity contribution in [2.45, 2.75) is 32.6 Å². The zero-order chi connectivity index (χ0) is 25.2. The van der Waals surface area contributed by atoms with Gasteiger partial charge < -0.3 is 4.74 Å². The molecule has 0 bridgehead atoms. The number of halogens is 2. The third-order valence-corrected chi connectivity index (χ3v) is 5.95. The van der Waals surface area contributed by atoms with Gasteiger partial charge in [0.25, 0.3) is 11.8 Å². The number of aromatic nitrogens is 1. The molecule has 35 heavy (non-hydrogen) atoms. The Morgan fingerprint density at radius 2 is 1.83 bits per heavy atom. The number of hydrogen-bond donors (Lipinski definition) is 0. The number of hydrazone groups is 1. The number of ether oxygens (including phenoxy) is 1. The number of methoxy groups -OCH3 is 1. The number of carbonyl (C=O) groups excluding carboxylic acids is 2. The molecule has 4 rings (SSSR count). The van der Waals surface area contributed by atoms with Crippen molar-refractivity contribution in [2.24, 2.45) is 11.0 Å². The van der Waals surface area contributed by atoms with E-state index in [9.17, 15) is 18.4 Å². The van der Waals surface area contributed by atoms with Crippen molar-refractivity contribution in [3.63, 3.8) is 0 Å². The zero-order valence-corrected chi connectivity index (χ0v) is 19.7. The second-order valence-corrected chi connectivity index (χ2v) is 8.31. The van der Waals surface area contributed by atoms with E-state index in [0.717, 1.165) is 10.6 Å². The molecule has 6 nitrogen and oxygen atoms in total. The van der Waals surface area contributed by atoms with Crippen molar-refractivity contribution < 1.29 is 23.1 Å². The Morgan fingerprint density at radius 3 is 2.51 bits per heavy atom. The normalized spacial score (nSPS) is 15.8. The summed E-state index contributed by atoms with van der Waals surface area (Å²) in [6.07, 6.45) is -0.498. The van der Waals surface area contributed by atoms with Gasteiger partial charge in [-0.25, -0.2) is 13.8 Å². The van der Waals surface area contributed by atoms with Gasteiger partial charge in [0.1, 0.15) is 17.4 Å². The minimum Gasteiger partial charge on any atom is -0.494 e. The molecule has 2 heterocycles. The van der Waals surface area contributed by atoms with Gasteiger partial charge in [0.2, 0.25) is 0 Å². The molecule has 0 saturated heterocycles. The number of hydrogen-bond acceptors (Lipinski definition) is 5. The third kappa shape index (κ3) is 4.82. The Labute approximate surface area is 202 Å². The number of alkyl halides is 2. The molecule has 1 amide bonds. The molecule has 0 fully saturated rings. The van der Waals surface area contributed by atoms with Gasteiger partial charge in [0.05, 0.1) is 12.8 Å². The lowest BCUT2D eigenvalue weighted by Crippen LogP contribution is -2.34. The molecule has 1 aliphatic rings. The van der Waals surface area contributed by atoms with Crippen LogP contribution in [-0.4, -0.2) is 29.5 Å². The fraction of sp³-hybridized carbons (Fsp3) is 0.259. The van der Waals surface area contributed by atoms with Crippen molar-refractivity contribution in [2.75, 3.05) is 12.1 Å². The summed E-state index contributed by atoms with van der Waals surface area (Å²) in [6, 6.07) is 18.4. The van der Waals surface area contributed by atoms with Gasteiger partial charge in [-0.2, -0.15) is 10.1 Å². The SMILES string of the molecule is CCC(F)(F)c1cccc(CC(=O)C2C(=O)N(c3ccc(OC)c(-c4ccccc4)n3)N=C2C)c1. The fourth-order valence-electron chi connectivity index (χ4n) is 4.04. The monoisotopic (exact) mass is 477 g/mol. The first-order valence-corrected chi connectivity index (χ1v) is 11.2. The van der Waals surface area contributed by atoms with E-state index in [0.29, 0.717) is 22.7 Å². The first-order valence-electron chi connectivity index (χ1n) is 11.2. The van der Waals surface area contributed by atoms with Crippen molar-refractivity contribution in [3.05, 3.63) is 77.9 Å². The van der Waals surface area contributed by atoms with E-state index in [1.807, 2.05) is 30.3 Å². The van der Waals surface area contributed by atoms with Crippen LogP contribution in [0.2, 0.25) is 0 Å². The van der Waals surface area contributed by atoms with Crippen molar-refractivity contribution in [1.29, 1.82) is 0 Å². The topological polar surface area (TPSA) is 71.9 Å². The largest absolute Gasteiger partial charge is 0.494 e. The maximum absolute atomic E-state index is 14.1. The van der Waals surface area contributed by atoms with E-state index in [1.165, 1.54) is 32.2 Å². The van der Waals surface area contributed by atoms with Crippen LogP contribution in [0.15, 0.2) is 71.8 Å². The summed E-state index contributed by atoms with van der Waals surface area (Å²) in [5.74, 6) is -4.23. The highest BCUT2D eigenvalue weighted by molar-refractivity contribution is 6.27. The maximum atomic E-state index is 14.1. The first kappa shape index (κ1) is 24.2. The van der Waals surface area contributed by atoms with Gasteiger partial charge >= 0.3 is 0 Å². The van der Waals surface area contributed by atoms with Crippen LogP contribution in [0.3, 0.4) is 0 Å². The molecular formula is C27H25F2N3O3. The van der Waals surface area contributed by atoms with Crippen molar-refractivity contribution >= 4 is 23.2 Å². The summed E-state index contributed by atoms with van der Waals surface area (Å²) in [4.78, 5) is 30.9. The number of nitrogens with zero attached hydrogens (tertiary/aromatic N) is 3. The number of anilines is 1. The van der Waals surface area contributed by atoms with Crippen LogP contribution < -0.4 is 9.75 Å². The lowest BCUT2D eigenvalue weighted by molar-refractivity contribution is -0.128. The minimum absolute atomic E-state index is 0.147. The Bertz CT molecular complexity index is 1290. The number of pyridine rings is 1. The Hall–Kier alpha value is -3.94. The fourth-order valence-corrected chi connectivity index (χ4v) is 4.04. The number of ketones is 1. The Kier molecular flexibility index (Phi) is 6.73. The summed E-state index contributed by atoms with van der Waals surface area (Å²) >= 11 is 0. The molecule has 1 unspecified atom stereocenters. The smallest absolute Gasteiger partial charge is 0.273 e. The lowest BCUT2D eigenvalue weighted by Gasteiger charge is -2.17. The summed E-state index contributed by atoms with van der Waals surface area (Å²) in [5, 5.41) is 5.42. The van der Waals surface area contributed by atoms with E-state index in [1.54, 1.807) is 25.1 Å². The third-order valence-electron chi connectivity index (χ3n) is 5.95. The molecule has 1 aliphatic heterocycles. The van der Waals surface area contributed by atoms with E-state index in [2.05, 4.69) is 10.1 Å². The van der Waals surface area contributed by atoms with Crippen LogP contribution in [0.5, 0.6) is 5.75 Å². The Balaban J connectivity index is 1.58. The van der Waals surface area contributed by atoms with E-state index in [4.69, 9.17) is 4.74 Å². The standard InChI is InChI=1S/C27H25F2N3O3/c1-4-27(28,29)20-12-8-9-18(15-20)16-21(33)24-17(2)31-32(26(24)34)23-14-13-22(35-3)25(30-23)19-10-6-5-7-11-19/h5-15,24H,4,16H2,1-3H3. The molecule has 8 heteroatoms. The summed E-state index contributed by atoms with van der Waals surface area (Å²) in [5.41, 5.74) is 1.94. The molecule has 180 valence electrons. The zero-order valence-electron chi connectivity index (χ0n) is 19.7. The molecule has 0 aliphatic carbocycles. The molecule has 0 N–H and O–H groups in total. The van der Waals surface area contributed by atoms with Crippen LogP contribution in [0.25, 0.3) is 11.3 Å². The van der Waals surface area contributed by atoms with Crippen LogP contribution in [0.4, 0.5) is 14.6 Å². The second-order valence-electron chi connectivity index (χ2n) is 8.31. The summed E-state index contributed by atoms with van der Waals surface area (Å²) in [7, 11) is 1.53. The molecule has 0 radical (unpaired) electrons. The Morgan fingerprint density at radius 1 is 1.09 bits per heavy atom. The minimum atomic E-state index is -2.98. The van der Waals surface area contributed by atoms with Gasteiger partial charge in [-0.15, -0.1) is 0 Å². The maximum Gasteiger partial charge on any atom is 0.273 e. The number of benzene rings is 2. The lowest BCUT2D eigenvalue weighted by atomic mass is 9.93. The number of rotatable bonds is 8. The van der Waals surface area contributed by atoms with Gasteiger partial charge in [-0.3, -0.25) is 9.59 Å². The molecule has 3 aromatic rings. The summed E-state index contributed by atoms with van der Waals surface area (Å²) in [6.45, 7) is 3.00. The van der Waals surface area contributed by atoms with Gasteiger partial charge in [-0.1, -0.05) is 55.5 Å². The van der Waals surface area contributed by atoms with E-state index >= 15 is 0 Å². The van der Waals surface area contributed by atoms with Gasteiger partial charge in [-0.05, 0) is 30.7 Å². The van der Waals surface area contributed by atoms with E-state index < -0.39 is 23.5 Å². The predicted molar refractivity (Wildman–Crippen MR) is 130 cm³/mol. The average Bonchev–Trinajstić information content (AvgIpc) is 3.18. The molecule has 1 aromatic heterocycles. The number of amides is 1. The van der Waals surface area contributed by atoms with Crippen LogP contribution in [0.1, 0.15) is 31.4 Å². The predicted octanol–water partition coefficient (Wildman–Crippen LogP) is 5.41. The van der Waals surface area contributed by atoms with Gasteiger partial charge in [0.15, 0.2) is 11.6 Å². The van der Waals surface area contributed by atoms with Crippen molar-refractivity contribution in [1.82, 2.24) is 4.98 Å². The van der Waals surface area contributed by atoms with E-state index in [-0.39, 0.29) is 24.2 Å². The highest BCUT2D eigenvalue weighted by Crippen LogP contribution is 2.34. The van der Waals surface area contributed by atoms with Crippen molar-refractivity contribution in [3.8, 4) is 17.0 Å². The first-order chi connectivity index (χ1) is 16.7. The van der Waals surface area contributed by atoms with Crippen LogP contribution in [0, 0.1) is 5.92 Å². The molecule has 0 saturated carbocycles. The highest BCUT2D eigenvalue weighted by atomic mass is 19.3. The summed E-state index contributed by atoms with van der Waals surface area (Å²) < 4.78 is 33.6.